The molecule has 134 valence electrons. The summed E-state index contributed by atoms with van der Waals surface area (Å²) in [5.74, 6) is 0. The van der Waals surface area contributed by atoms with Gasteiger partial charge in [-0.05, 0) is 38.3 Å². The van der Waals surface area contributed by atoms with Crippen LogP contribution in [0.1, 0.15) is 25.3 Å². The van der Waals surface area contributed by atoms with Gasteiger partial charge in [-0.1, -0.05) is 6.07 Å². The fourth-order valence-corrected chi connectivity index (χ4v) is 3.04. The molecule has 1 aliphatic rings. The standard InChI is InChI=1S/C17H23N5O3/c1-3-25-17(24)22-8-6-12(7-9-22)19-16(23)20-14-5-4-11(2)13-10-18-21-15(13)14/h4-5,10,12H,3,6-9H2,1-2H3,(H,18,21)(H2,19,20,23). The second-order valence-electron chi connectivity index (χ2n) is 6.15. The van der Waals surface area contributed by atoms with Crippen molar-refractivity contribution >= 4 is 28.7 Å². The summed E-state index contributed by atoms with van der Waals surface area (Å²) >= 11 is 0. The molecule has 3 N–H and O–H groups in total. The molecule has 0 unspecified atom stereocenters. The van der Waals surface area contributed by atoms with Gasteiger partial charge in [-0.3, -0.25) is 5.10 Å². The Labute approximate surface area is 145 Å². The van der Waals surface area contributed by atoms with Gasteiger partial charge in [-0.2, -0.15) is 5.10 Å². The number of piperidine rings is 1. The third-order valence-electron chi connectivity index (χ3n) is 4.44. The maximum absolute atomic E-state index is 12.3. The van der Waals surface area contributed by atoms with Crippen LogP contribution >= 0.6 is 0 Å². The molecule has 0 aliphatic carbocycles. The first-order valence-corrected chi connectivity index (χ1v) is 8.50. The van der Waals surface area contributed by atoms with Gasteiger partial charge in [0.15, 0.2) is 0 Å². The van der Waals surface area contributed by atoms with E-state index in [0.29, 0.717) is 38.2 Å². The summed E-state index contributed by atoms with van der Waals surface area (Å²) in [5.41, 5.74) is 2.60. The number of nitrogens with zero attached hydrogens (tertiary/aromatic N) is 2. The third kappa shape index (κ3) is 3.84. The van der Waals surface area contributed by atoms with Crippen LogP contribution in [0.2, 0.25) is 0 Å². The van der Waals surface area contributed by atoms with E-state index in [4.69, 9.17) is 4.74 Å². The molecule has 0 radical (unpaired) electrons. The average molecular weight is 345 g/mol. The number of H-pyrrole nitrogens is 1. The third-order valence-corrected chi connectivity index (χ3v) is 4.44. The van der Waals surface area contributed by atoms with Gasteiger partial charge in [0.2, 0.25) is 0 Å². The Kier molecular flexibility index (Phi) is 5.06. The number of aromatic amines is 1. The monoisotopic (exact) mass is 345 g/mol. The predicted octanol–water partition coefficient (Wildman–Crippen LogP) is 2.61. The Hall–Kier alpha value is -2.77. The highest BCUT2D eigenvalue weighted by molar-refractivity contribution is 6.00. The van der Waals surface area contributed by atoms with Crippen molar-refractivity contribution in [3.8, 4) is 0 Å². The largest absolute Gasteiger partial charge is 0.450 e. The zero-order valence-electron chi connectivity index (χ0n) is 14.5. The first-order valence-electron chi connectivity index (χ1n) is 8.50. The van der Waals surface area contributed by atoms with Gasteiger partial charge in [0.25, 0.3) is 0 Å². The van der Waals surface area contributed by atoms with Crippen molar-refractivity contribution in [2.75, 3.05) is 25.0 Å². The fraction of sp³-hybridized carbons (Fsp3) is 0.471. The molecule has 2 heterocycles. The number of carbonyl (C=O) groups is 2. The zero-order valence-corrected chi connectivity index (χ0v) is 14.5. The lowest BCUT2D eigenvalue weighted by Crippen LogP contribution is -2.47. The van der Waals surface area contributed by atoms with Crippen molar-refractivity contribution in [2.45, 2.75) is 32.7 Å². The van der Waals surface area contributed by atoms with Gasteiger partial charge in [0.05, 0.1) is 24.0 Å². The number of carbonyl (C=O) groups excluding carboxylic acids is 2. The van der Waals surface area contributed by atoms with Crippen LogP contribution in [-0.2, 0) is 4.74 Å². The van der Waals surface area contributed by atoms with Gasteiger partial charge in [0, 0.05) is 24.5 Å². The summed E-state index contributed by atoms with van der Waals surface area (Å²) < 4.78 is 5.00. The number of benzene rings is 1. The first kappa shape index (κ1) is 17.1. The molecule has 1 aromatic heterocycles. The van der Waals surface area contributed by atoms with E-state index in [9.17, 15) is 9.59 Å². The summed E-state index contributed by atoms with van der Waals surface area (Å²) in [4.78, 5) is 25.7. The highest BCUT2D eigenvalue weighted by atomic mass is 16.6. The minimum absolute atomic E-state index is 0.0355. The number of nitrogens with one attached hydrogen (secondary N) is 3. The molecule has 2 aromatic rings. The number of urea groups is 1. The van der Waals surface area contributed by atoms with Crippen LogP contribution in [0.25, 0.3) is 10.9 Å². The lowest BCUT2D eigenvalue weighted by molar-refractivity contribution is 0.0959. The van der Waals surface area contributed by atoms with Crippen LogP contribution in [0.15, 0.2) is 18.3 Å². The molecular formula is C17H23N5O3. The quantitative estimate of drug-likeness (QED) is 0.796. The van der Waals surface area contributed by atoms with Crippen molar-refractivity contribution in [2.24, 2.45) is 0 Å². The highest BCUT2D eigenvalue weighted by Gasteiger charge is 2.24. The maximum atomic E-state index is 12.3. The SMILES string of the molecule is CCOC(=O)N1CCC(NC(=O)Nc2ccc(C)c3cn[nH]c23)CC1. The summed E-state index contributed by atoms with van der Waals surface area (Å²) in [6.07, 6.45) is 2.88. The van der Waals surface area contributed by atoms with Crippen LogP contribution in [-0.4, -0.2) is 53.0 Å². The summed E-state index contributed by atoms with van der Waals surface area (Å²) in [5, 5.41) is 13.8. The van der Waals surface area contributed by atoms with Crippen molar-refractivity contribution in [1.82, 2.24) is 20.4 Å². The molecule has 0 atom stereocenters. The Bertz CT molecular complexity index is 765. The number of hydrogen-bond acceptors (Lipinski definition) is 4. The second kappa shape index (κ2) is 7.42. The van der Waals surface area contributed by atoms with Gasteiger partial charge in [0.1, 0.15) is 0 Å². The lowest BCUT2D eigenvalue weighted by atomic mass is 10.1. The Morgan fingerprint density at radius 3 is 2.84 bits per heavy atom. The predicted molar refractivity (Wildman–Crippen MR) is 94.6 cm³/mol. The van der Waals surface area contributed by atoms with E-state index in [-0.39, 0.29) is 18.2 Å². The zero-order chi connectivity index (χ0) is 17.8. The second-order valence-corrected chi connectivity index (χ2v) is 6.15. The molecular weight excluding hydrogens is 322 g/mol. The topological polar surface area (TPSA) is 99.3 Å². The Morgan fingerprint density at radius 2 is 2.12 bits per heavy atom. The molecule has 1 aliphatic heterocycles. The van der Waals surface area contributed by atoms with Crippen LogP contribution in [0.4, 0.5) is 15.3 Å². The van der Waals surface area contributed by atoms with Crippen molar-refractivity contribution in [1.29, 1.82) is 0 Å². The van der Waals surface area contributed by atoms with Crippen molar-refractivity contribution in [3.05, 3.63) is 23.9 Å². The van der Waals surface area contributed by atoms with E-state index >= 15 is 0 Å². The highest BCUT2D eigenvalue weighted by Crippen LogP contribution is 2.24. The molecule has 3 amide bonds. The van der Waals surface area contributed by atoms with Gasteiger partial charge >= 0.3 is 12.1 Å². The number of hydrogen-bond donors (Lipinski definition) is 3. The van der Waals surface area contributed by atoms with Crippen LogP contribution < -0.4 is 10.6 Å². The van der Waals surface area contributed by atoms with E-state index in [0.717, 1.165) is 16.5 Å². The maximum Gasteiger partial charge on any atom is 0.409 e. The van der Waals surface area contributed by atoms with E-state index in [1.807, 2.05) is 19.1 Å². The molecule has 3 rings (SSSR count). The molecule has 1 fully saturated rings. The molecule has 25 heavy (non-hydrogen) atoms. The molecule has 0 spiro atoms. The van der Waals surface area contributed by atoms with Gasteiger partial charge < -0.3 is 20.3 Å². The smallest absolute Gasteiger partial charge is 0.409 e. The summed E-state index contributed by atoms with van der Waals surface area (Å²) in [7, 11) is 0. The minimum atomic E-state index is -0.285. The first-order chi connectivity index (χ1) is 12.1. The van der Waals surface area contributed by atoms with Crippen LogP contribution in [0, 0.1) is 6.92 Å². The Balaban J connectivity index is 1.54. The molecule has 1 saturated heterocycles. The number of aryl methyl sites for hydroxylation is 1. The number of aromatic nitrogens is 2. The fourth-order valence-electron chi connectivity index (χ4n) is 3.04. The van der Waals surface area contributed by atoms with E-state index in [1.54, 1.807) is 18.0 Å². The lowest BCUT2D eigenvalue weighted by Gasteiger charge is -2.31. The number of rotatable bonds is 3. The van der Waals surface area contributed by atoms with Gasteiger partial charge in [-0.15, -0.1) is 0 Å². The normalized spacial score (nSPS) is 15.2. The average Bonchev–Trinajstić information content (AvgIpc) is 3.09. The van der Waals surface area contributed by atoms with E-state index in [2.05, 4.69) is 20.8 Å². The Morgan fingerprint density at radius 1 is 1.36 bits per heavy atom. The number of amides is 3. The van der Waals surface area contributed by atoms with Crippen LogP contribution in [0.3, 0.4) is 0 Å². The summed E-state index contributed by atoms with van der Waals surface area (Å²) in [6.45, 7) is 5.33. The molecule has 0 saturated carbocycles. The number of fused-ring (bicyclic) bond motifs is 1. The van der Waals surface area contributed by atoms with E-state index < -0.39 is 0 Å². The van der Waals surface area contributed by atoms with Crippen molar-refractivity contribution < 1.29 is 14.3 Å². The van der Waals surface area contributed by atoms with E-state index in [1.165, 1.54) is 0 Å². The number of ether oxygens (including phenoxy) is 1. The molecule has 0 bridgehead atoms. The van der Waals surface area contributed by atoms with Crippen LogP contribution in [0.5, 0.6) is 0 Å². The number of anilines is 1. The molecule has 8 heteroatoms. The molecule has 1 aromatic carbocycles. The summed E-state index contributed by atoms with van der Waals surface area (Å²) in [6, 6.07) is 3.59. The molecule has 8 nitrogen and oxygen atoms in total. The van der Waals surface area contributed by atoms with Crippen molar-refractivity contribution in [3.63, 3.8) is 0 Å². The van der Waals surface area contributed by atoms with Gasteiger partial charge in [-0.25, -0.2) is 9.59 Å². The number of likely N-dealkylation sites (tertiary alicyclic amines) is 1. The minimum Gasteiger partial charge on any atom is -0.450 e.